The van der Waals surface area contributed by atoms with Gasteiger partial charge < -0.3 is 10.1 Å². The molecule has 2 atom stereocenters. The van der Waals surface area contributed by atoms with E-state index in [-0.39, 0.29) is 6.61 Å². The summed E-state index contributed by atoms with van der Waals surface area (Å²) in [6.07, 6.45) is 0. The summed E-state index contributed by atoms with van der Waals surface area (Å²) in [6, 6.07) is 7.87. The third-order valence-electron chi connectivity index (χ3n) is 3.71. The summed E-state index contributed by atoms with van der Waals surface area (Å²) in [7, 11) is 0. The van der Waals surface area contributed by atoms with Crippen LogP contribution in [0.25, 0.3) is 0 Å². The SMILES string of the molecule is CC(COC(=O)c1ccccc1)C1(C)NC(=O)N(N)C1=O. The van der Waals surface area contributed by atoms with Crippen LogP contribution in [-0.4, -0.2) is 35.1 Å². The van der Waals surface area contributed by atoms with E-state index in [1.807, 2.05) is 0 Å². The molecule has 7 nitrogen and oxygen atoms in total. The first kappa shape index (κ1) is 15.0. The molecular weight excluding hydrogens is 274 g/mol. The summed E-state index contributed by atoms with van der Waals surface area (Å²) < 4.78 is 5.18. The Hall–Kier alpha value is -2.41. The fourth-order valence-corrected chi connectivity index (χ4v) is 2.04. The molecule has 0 radical (unpaired) electrons. The van der Waals surface area contributed by atoms with Gasteiger partial charge in [-0.3, -0.25) is 4.79 Å². The molecule has 0 bridgehead atoms. The third kappa shape index (κ3) is 2.73. The monoisotopic (exact) mass is 291 g/mol. The number of ether oxygens (including phenoxy) is 1. The Morgan fingerprint density at radius 3 is 2.52 bits per heavy atom. The molecule has 21 heavy (non-hydrogen) atoms. The van der Waals surface area contributed by atoms with Crippen molar-refractivity contribution in [2.45, 2.75) is 19.4 Å². The topological polar surface area (TPSA) is 102 Å². The number of hydrogen-bond acceptors (Lipinski definition) is 5. The highest BCUT2D eigenvalue weighted by Gasteiger charge is 2.50. The standard InChI is InChI=1S/C14H17N3O4/c1-9(14(2)12(19)17(15)13(20)16-14)8-21-11(18)10-6-4-3-5-7-10/h3-7,9H,8,15H2,1-2H3,(H,16,20). The maximum absolute atomic E-state index is 12.0. The zero-order chi connectivity index (χ0) is 15.6. The van der Waals surface area contributed by atoms with E-state index >= 15 is 0 Å². The third-order valence-corrected chi connectivity index (χ3v) is 3.71. The molecule has 112 valence electrons. The van der Waals surface area contributed by atoms with E-state index in [1.165, 1.54) is 0 Å². The lowest BCUT2D eigenvalue weighted by Crippen LogP contribution is -2.51. The van der Waals surface area contributed by atoms with Gasteiger partial charge in [0, 0.05) is 5.92 Å². The van der Waals surface area contributed by atoms with Crippen molar-refractivity contribution < 1.29 is 19.1 Å². The first-order chi connectivity index (χ1) is 9.86. The van der Waals surface area contributed by atoms with E-state index in [2.05, 4.69) is 5.32 Å². The lowest BCUT2D eigenvalue weighted by molar-refractivity contribution is -0.133. The van der Waals surface area contributed by atoms with Gasteiger partial charge in [-0.1, -0.05) is 25.1 Å². The van der Waals surface area contributed by atoms with Crippen molar-refractivity contribution in [1.29, 1.82) is 0 Å². The zero-order valence-corrected chi connectivity index (χ0v) is 11.8. The average Bonchev–Trinajstić information content (AvgIpc) is 2.69. The van der Waals surface area contributed by atoms with E-state index in [0.29, 0.717) is 10.6 Å². The van der Waals surface area contributed by atoms with Gasteiger partial charge in [0.2, 0.25) is 0 Å². The van der Waals surface area contributed by atoms with E-state index in [0.717, 1.165) is 0 Å². The molecule has 1 aromatic rings. The Morgan fingerprint density at radius 1 is 1.38 bits per heavy atom. The summed E-state index contributed by atoms with van der Waals surface area (Å²) in [5, 5.41) is 3.05. The van der Waals surface area contributed by atoms with Crippen LogP contribution in [0.4, 0.5) is 4.79 Å². The summed E-state index contributed by atoms with van der Waals surface area (Å²) in [6.45, 7) is 3.25. The lowest BCUT2D eigenvalue weighted by atomic mass is 9.88. The number of carbonyl (C=O) groups excluding carboxylic acids is 3. The number of hydrazine groups is 1. The van der Waals surface area contributed by atoms with Crippen LogP contribution in [0, 0.1) is 5.92 Å². The summed E-state index contributed by atoms with van der Waals surface area (Å²) in [5.74, 6) is 3.90. The Bertz CT molecular complexity index is 575. The molecule has 1 aliphatic heterocycles. The fourth-order valence-electron chi connectivity index (χ4n) is 2.04. The minimum atomic E-state index is -1.18. The number of amides is 3. The van der Waals surface area contributed by atoms with Crippen LogP contribution in [0.15, 0.2) is 30.3 Å². The second kappa shape index (κ2) is 5.53. The number of rotatable bonds is 4. The predicted octanol–water partition coefficient (Wildman–Crippen LogP) is 0.664. The molecule has 0 spiro atoms. The van der Waals surface area contributed by atoms with Gasteiger partial charge in [0.05, 0.1) is 12.2 Å². The van der Waals surface area contributed by atoms with Crippen LogP contribution in [0.3, 0.4) is 0 Å². The molecule has 3 amide bonds. The number of esters is 1. The van der Waals surface area contributed by atoms with Crippen LogP contribution in [0.2, 0.25) is 0 Å². The van der Waals surface area contributed by atoms with Crippen LogP contribution in [0.1, 0.15) is 24.2 Å². The molecule has 2 rings (SSSR count). The van der Waals surface area contributed by atoms with Crippen molar-refractivity contribution >= 4 is 17.9 Å². The zero-order valence-electron chi connectivity index (χ0n) is 11.8. The number of carbonyl (C=O) groups is 3. The first-order valence-electron chi connectivity index (χ1n) is 6.50. The van der Waals surface area contributed by atoms with Crippen molar-refractivity contribution in [2.75, 3.05) is 6.61 Å². The van der Waals surface area contributed by atoms with Crippen LogP contribution in [0.5, 0.6) is 0 Å². The van der Waals surface area contributed by atoms with Crippen LogP contribution < -0.4 is 11.2 Å². The molecule has 2 unspecified atom stereocenters. The molecule has 1 saturated heterocycles. The molecule has 1 fully saturated rings. The van der Waals surface area contributed by atoms with Gasteiger partial charge in [-0.25, -0.2) is 15.4 Å². The highest BCUT2D eigenvalue weighted by molar-refractivity contribution is 6.06. The quantitative estimate of drug-likeness (QED) is 0.367. The van der Waals surface area contributed by atoms with Crippen molar-refractivity contribution in [3.63, 3.8) is 0 Å². The number of nitrogens with one attached hydrogen (secondary N) is 1. The summed E-state index contributed by atoms with van der Waals surface area (Å²) in [5.41, 5.74) is -0.750. The second-order valence-corrected chi connectivity index (χ2v) is 5.17. The molecular formula is C14H17N3O4. The van der Waals surface area contributed by atoms with E-state index in [9.17, 15) is 14.4 Å². The molecule has 3 N–H and O–H groups in total. The van der Waals surface area contributed by atoms with Gasteiger partial charge in [0.25, 0.3) is 5.91 Å². The molecule has 0 aromatic heterocycles. The Balaban J connectivity index is 1.99. The minimum Gasteiger partial charge on any atom is -0.462 e. The van der Waals surface area contributed by atoms with Gasteiger partial charge in [-0.2, -0.15) is 5.01 Å². The van der Waals surface area contributed by atoms with Crippen molar-refractivity contribution in [1.82, 2.24) is 10.3 Å². The fraction of sp³-hybridized carbons (Fsp3) is 0.357. The van der Waals surface area contributed by atoms with Gasteiger partial charge in [-0.15, -0.1) is 0 Å². The predicted molar refractivity (Wildman–Crippen MR) is 73.9 cm³/mol. The number of urea groups is 1. The van der Waals surface area contributed by atoms with Crippen LogP contribution >= 0.6 is 0 Å². The summed E-state index contributed by atoms with van der Waals surface area (Å²) in [4.78, 5) is 35.2. The largest absolute Gasteiger partial charge is 0.462 e. The van der Waals surface area contributed by atoms with E-state index < -0.39 is 29.4 Å². The normalized spacial score (nSPS) is 22.9. The highest BCUT2D eigenvalue weighted by Crippen LogP contribution is 2.24. The first-order valence-corrected chi connectivity index (χ1v) is 6.50. The number of hydrogen-bond donors (Lipinski definition) is 2. The lowest BCUT2D eigenvalue weighted by Gasteiger charge is -2.27. The van der Waals surface area contributed by atoms with Gasteiger partial charge in [-0.05, 0) is 19.1 Å². The van der Waals surface area contributed by atoms with Gasteiger partial charge >= 0.3 is 12.0 Å². The van der Waals surface area contributed by atoms with Gasteiger partial charge in [0.15, 0.2) is 0 Å². The molecule has 0 aliphatic carbocycles. The Labute approximate surface area is 122 Å². The smallest absolute Gasteiger partial charge is 0.339 e. The van der Waals surface area contributed by atoms with E-state index in [4.69, 9.17) is 10.6 Å². The van der Waals surface area contributed by atoms with Crippen molar-refractivity contribution in [2.24, 2.45) is 11.8 Å². The Morgan fingerprint density at radius 2 is 2.00 bits per heavy atom. The number of nitrogens with zero attached hydrogens (tertiary/aromatic N) is 1. The van der Waals surface area contributed by atoms with Gasteiger partial charge in [0.1, 0.15) is 5.54 Å². The number of imide groups is 1. The molecule has 1 aromatic carbocycles. The average molecular weight is 291 g/mol. The molecule has 1 heterocycles. The van der Waals surface area contributed by atoms with Crippen molar-refractivity contribution in [3.05, 3.63) is 35.9 Å². The molecule has 0 saturated carbocycles. The Kier molecular flexibility index (Phi) is 3.95. The van der Waals surface area contributed by atoms with E-state index in [1.54, 1.807) is 44.2 Å². The maximum atomic E-state index is 12.0. The summed E-state index contributed by atoms with van der Waals surface area (Å²) >= 11 is 0. The number of benzene rings is 1. The van der Waals surface area contributed by atoms with Crippen LogP contribution in [-0.2, 0) is 9.53 Å². The molecule has 7 heteroatoms. The second-order valence-electron chi connectivity index (χ2n) is 5.17. The maximum Gasteiger partial charge on any atom is 0.339 e. The van der Waals surface area contributed by atoms with Crippen molar-refractivity contribution in [3.8, 4) is 0 Å². The highest BCUT2D eigenvalue weighted by atomic mass is 16.5. The molecule has 1 aliphatic rings. The number of nitrogens with two attached hydrogens (primary N) is 1. The minimum absolute atomic E-state index is 0.00983.